The van der Waals surface area contributed by atoms with E-state index in [1.165, 1.54) is 6.92 Å². The summed E-state index contributed by atoms with van der Waals surface area (Å²) in [7, 11) is 0. The maximum Gasteiger partial charge on any atom is 0.187 e. The summed E-state index contributed by atoms with van der Waals surface area (Å²) in [6.07, 6.45) is -14.3. The average Bonchev–Trinajstić information content (AvgIpc) is 2.49. The van der Waals surface area contributed by atoms with Gasteiger partial charge in [0.15, 0.2) is 12.6 Å². The molecule has 130 valence electrons. The predicted octanol–water partition coefficient (Wildman–Crippen LogP) is -4.37. The zero-order chi connectivity index (χ0) is 16.6. The molecule has 0 aromatic carbocycles. The van der Waals surface area contributed by atoms with Crippen LogP contribution in [0.2, 0.25) is 0 Å². The first-order valence-electron chi connectivity index (χ1n) is 6.93. The van der Waals surface area contributed by atoms with Crippen molar-refractivity contribution in [1.82, 2.24) is 0 Å². The third-order valence-electron chi connectivity index (χ3n) is 3.94. The van der Waals surface area contributed by atoms with Crippen LogP contribution in [-0.4, -0.2) is 104 Å². The fraction of sp³-hybridized carbons (Fsp3) is 1.00. The Balaban J connectivity index is 2.10. The Morgan fingerprint density at radius 3 is 2.05 bits per heavy atom. The smallest absolute Gasteiger partial charge is 0.187 e. The molecular weight excluding hydrogens is 304 g/mol. The highest BCUT2D eigenvalue weighted by molar-refractivity contribution is 4.92. The highest BCUT2D eigenvalue weighted by atomic mass is 16.7. The lowest BCUT2D eigenvalue weighted by molar-refractivity contribution is -0.353. The molecule has 2 heterocycles. The Bertz CT molecular complexity index is 352. The Morgan fingerprint density at radius 2 is 1.45 bits per heavy atom. The van der Waals surface area contributed by atoms with Gasteiger partial charge >= 0.3 is 0 Å². The van der Waals surface area contributed by atoms with Gasteiger partial charge in [0.05, 0.1) is 12.7 Å². The van der Waals surface area contributed by atoms with Gasteiger partial charge in [-0.1, -0.05) is 0 Å². The molecule has 7 N–H and O–H groups in total. The van der Waals surface area contributed by atoms with Crippen LogP contribution in [-0.2, 0) is 14.2 Å². The molecular formula is C12H22O10. The third-order valence-corrected chi connectivity index (χ3v) is 3.94. The van der Waals surface area contributed by atoms with E-state index in [9.17, 15) is 30.6 Å². The van der Waals surface area contributed by atoms with E-state index in [-0.39, 0.29) is 0 Å². The maximum atomic E-state index is 9.96. The van der Waals surface area contributed by atoms with Gasteiger partial charge in [-0.25, -0.2) is 0 Å². The maximum absolute atomic E-state index is 9.96. The van der Waals surface area contributed by atoms with Crippen LogP contribution in [0.25, 0.3) is 0 Å². The molecule has 0 aromatic rings. The summed E-state index contributed by atoms with van der Waals surface area (Å²) >= 11 is 0. The van der Waals surface area contributed by atoms with E-state index in [1.807, 2.05) is 0 Å². The minimum Gasteiger partial charge on any atom is -0.394 e. The first-order chi connectivity index (χ1) is 10.3. The van der Waals surface area contributed by atoms with E-state index in [0.717, 1.165) is 0 Å². The Kier molecular flexibility index (Phi) is 5.72. The third kappa shape index (κ3) is 3.26. The van der Waals surface area contributed by atoms with Gasteiger partial charge < -0.3 is 50.0 Å². The molecule has 0 spiro atoms. The molecule has 0 unspecified atom stereocenters. The lowest BCUT2D eigenvalue weighted by atomic mass is 9.97. The Hall–Kier alpha value is -0.400. The molecule has 2 saturated heterocycles. The average molecular weight is 326 g/mol. The summed E-state index contributed by atoms with van der Waals surface area (Å²) in [5.74, 6) is 0. The summed E-state index contributed by atoms with van der Waals surface area (Å²) in [6.45, 7) is 0.812. The second-order valence-electron chi connectivity index (χ2n) is 5.51. The number of ether oxygens (including phenoxy) is 3. The van der Waals surface area contributed by atoms with E-state index >= 15 is 0 Å². The van der Waals surface area contributed by atoms with Gasteiger partial charge in [-0.05, 0) is 6.92 Å². The first kappa shape index (κ1) is 17.9. The van der Waals surface area contributed by atoms with Gasteiger partial charge in [0.1, 0.15) is 42.7 Å². The number of aliphatic hydroxyl groups excluding tert-OH is 7. The fourth-order valence-electron chi connectivity index (χ4n) is 2.51. The van der Waals surface area contributed by atoms with Crippen LogP contribution < -0.4 is 0 Å². The van der Waals surface area contributed by atoms with Crippen molar-refractivity contribution in [3.63, 3.8) is 0 Å². The standard InChI is InChI=1S/C12H22O10/c1-3-5(14)10(9(18)11(19)20-3)22-12-8(17)7(16)6(15)4(2-13)21-12/h3-19H,2H2,1H3/t3-,4-,5+,6+,7-,8-,9+,10+,11-,12+/m1/s1. The van der Waals surface area contributed by atoms with Gasteiger partial charge in [0, 0.05) is 0 Å². The molecule has 10 heteroatoms. The fourth-order valence-corrected chi connectivity index (χ4v) is 2.51. The zero-order valence-corrected chi connectivity index (χ0v) is 11.8. The second kappa shape index (κ2) is 7.01. The highest BCUT2D eigenvalue weighted by Gasteiger charge is 2.49. The van der Waals surface area contributed by atoms with Crippen molar-refractivity contribution in [2.45, 2.75) is 68.3 Å². The van der Waals surface area contributed by atoms with Gasteiger partial charge in [-0.15, -0.1) is 0 Å². The first-order valence-corrected chi connectivity index (χ1v) is 6.93. The van der Waals surface area contributed by atoms with Crippen molar-refractivity contribution in [3.05, 3.63) is 0 Å². The molecule has 22 heavy (non-hydrogen) atoms. The largest absolute Gasteiger partial charge is 0.394 e. The van der Waals surface area contributed by atoms with E-state index in [0.29, 0.717) is 0 Å². The van der Waals surface area contributed by atoms with Crippen LogP contribution >= 0.6 is 0 Å². The normalized spacial score (nSPS) is 53.5. The minimum absolute atomic E-state index is 0.636. The van der Waals surface area contributed by atoms with Crippen molar-refractivity contribution in [2.24, 2.45) is 0 Å². The van der Waals surface area contributed by atoms with E-state index in [4.69, 9.17) is 19.3 Å². The molecule has 2 aliphatic heterocycles. The van der Waals surface area contributed by atoms with Crippen molar-refractivity contribution >= 4 is 0 Å². The molecule has 2 rings (SSSR count). The Labute approximate surface area is 126 Å². The molecule has 0 bridgehead atoms. The highest BCUT2D eigenvalue weighted by Crippen LogP contribution is 2.28. The van der Waals surface area contributed by atoms with E-state index in [2.05, 4.69) is 0 Å². The summed E-state index contributed by atoms with van der Waals surface area (Å²) < 4.78 is 15.3. The molecule has 2 fully saturated rings. The molecule has 0 amide bonds. The summed E-state index contributed by atoms with van der Waals surface area (Å²) in [5.41, 5.74) is 0. The van der Waals surface area contributed by atoms with Crippen LogP contribution in [0.5, 0.6) is 0 Å². The molecule has 2 aliphatic rings. The number of aliphatic hydroxyl groups is 7. The lowest BCUT2D eigenvalue weighted by Crippen LogP contribution is -2.63. The molecule has 0 aromatic heterocycles. The van der Waals surface area contributed by atoms with Gasteiger partial charge in [0.25, 0.3) is 0 Å². The van der Waals surface area contributed by atoms with Crippen LogP contribution in [0.3, 0.4) is 0 Å². The minimum atomic E-state index is -1.67. The van der Waals surface area contributed by atoms with E-state index in [1.54, 1.807) is 0 Å². The van der Waals surface area contributed by atoms with Crippen LogP contribution in [0.1, 0.15) is 6.92 Å². The van der Waals surface area contributed by atoms with Crippen LogP contribution in [0, 0.1) is 0 Å². The van der Waals surface area contributed by atoms with Crippen LogP contribution in [0.4, 0.5) is 0 Å². The zero-order valence-electron chi connectivity index (χ0n) is 11.8. The number of hydrogen-bond donors (Lipinski definition) is 7. The topological polar surface area (TPSA) is 169 Å². The van der Waals surface area contributed by atoms with Gasteiger partial charge in [-0.2, -0.15) is 0 Å². The van der Waals surface area contributed by atoms with Crippen molar-refractivity contribution in [3.8, 4) is 0 Å². The molecule has 0 radical (unpaired) electrons. The van der Waals surface area contributed by atoms with Gasteiger partial charge in [0.2, 0.25) is 0 Å². The molecule has 0 saturated carbocycles. The van der Waals surface area contributed by atoms with Gasteiger partial charge in [-0.3, -0.25) is 0 Å². The number of hydrogen-bond acceptors (Lipinski definition) is 10. The number of rotatable bonds is 3. The van der Waals surface area contributed by atoms with E-state index < -0.39 is 68.0 Å². The second-order valence-corrected chi connectivity index (χ2v) is 5.51. The SMILES string of the molecule is C[C@H]1O[C@@H](O)[C@@H](O)[C@@H](O[C@@H]2O[C@H](CO)[C@H](O)[C@@H](O)[C@H]2O)[C@H]1O. The summed E-state index contributed by atoms with van der Waals surface area (Å²) in [6, 6.07) is 0. The van der Waals surface area contributed by atoms with Crippen molar-refractivity contribution in [2.75, 3.05) is 6.61 Å². The molecule has 10 nitrogen and oxygen atoms in total. The monoisotopic (exact) mass is 326 g/mol. The predicted molar refractivity (Wildman–Crippen MR) is 67.2 cm³/mol. The summed E-state index contributed by atoms with van der Waals surface area (Å²) in [5, 5.41) is 67.6. The Morgan fingerprint density at radius 1 is 0.818 bits per heavy atom. The summed E-state index contributed by atoms with van der Waals surface area (Å²) in [4.78, 5) is 0. The molecule has 0 aliphatic carbocycles. The van der Waals surface area contributed by atoms with Crippen LogP contribution in [0.15, 0.2) is 0 Å². The lowest BCUT2D eigenvalue weighted by Gasteiger charge is -2.44. The van der Waals surface area contributed by atoms with Crippen molar-refractivity contribution in [1.29, 1.82) is 0 Å². The quantitative estimate of drug-likeness (QED) is 0.269. The molecule has 10 atom stereocenters. The van der Waals surface area contributed by atoms with Crippen molar-refractivity contribution < 1.29 is 50.0 Å².